The van der Waals surface area contributed by atoms with Gasteiger partial charge in [-0.15, -0.1) is 0 Å². The van der Waals surface area contributed by atoms with Gasteiger partial charge in [0.25, 0.3) is 0 Å². The number of aliphatic hydroxyl groups is 1. The normalized spacial score (nSPS) is 10.9. The van der Waals surface area contributed by atoms with Gasteiger partial charge in [0.1, 0.15) is 23.7 Å². The highest BCUT2D eigenvalue weighted by Gasteiger charge is 2.12. The Morgan fingerprint density at radius 1 is 1.56 bits per heavy atom. The lowest BCUT2D eigenvalue weighted by molar-refractivity contribution is -0.117. The van der Waals surface area contributed by atoms with Crippen molar-refractivity contribution in [2.45, 2.75) is 20.1 Å². The van der Waals surface area contributed by atoms with Crippen molar-refractivity contribution >= 4 is 22.5 Å². The molecule has 0 aliphatic heterocycles. The molecule has 0 radical (unpaired) electrons. The average molecular weight is 219 g/mol. The lowest BCUT2D eigenvalue weighted by atomic mass is 10.2. The Balaban J connectivity index is 2.68. The summed E-state index contributed by atoms with van der Waals surface area (Å²) in [4.78, 5) is 15.4. The van der Waals surface area contributed by atoms with Crippen molar-refractivity contribution in [3.63, 3.8) is 0 Å². The average Bonchev–Trinajstić information content (AvgIpc) is 2.58. The molecule has 5 heteroatoms. The summed E-state index contributed by atoms with van der Waals surface area (Å²) in [5.74, 6) is 0.472. The molecule has 84 valence electrons. The second-order valence-electron chi connectivity index (χ2n) is 3.69. The maximum atomic E-state index is 11.1. The third kappa shape index (κ3) is 1.65. The fourth-order valence-electron chi connectivity index (χ4n) is 1.74. The molecule has 0 atom stereocenters. The third-order valence-corrected chi connectivity index (χ3v) is 2.41. The van der Waals surface area contributed by atoms with Crippen LogP contribution in [0.1, 0.15) is 12.7 Å². The van der Waals surface area contributed by atoms with Gasteiger partial charge in [-0.05, 0) is 19.1 Å². The van der Waals surface area contributed by atoms with Crippen LogP contribution in [-0.2, 0) is 17.9 Å². The first kappa shape index (κ1) is 10.6. The zero-order valence-electron chi connectivity index (χ0n) is 8.97. The summed E-state index contributed by atoms with van der Waals surface area (Å²) >= 11 is 0. The first-order chi connectivity index (χ1) is 7.63. The lowest BCUT2D eigenvalue weighted by Crippen LogP contribution is -2.09. The molecule has 0 amide bonds. The van der Waals surface area contributed by atoms with E-state index in [2.05, 4.69) is 4.98 Å². The summed E-state index contributed by atoms with van der Waals surface area (Å²) in [5.41, 5.74) is 7.74. The van der Waals surface area contributed by atoms with Crippen LogP contribution in [0, 0.1) is 0 Å². The van der Waals surface area contributed by atoms with Gasteiger partial charge in [0.15, 0.2) is 0 Å². The molecule has 5 nitrogen and oxygen atoms in total. The zero-order chi connectivity index (χ0) is 11.7. The number of benzene rings is 1. The van der Waals surface area contributed by atoms with Crippen LogP contribution in [0.2, 0.25) is 0 Å². The van der Waals surface area contributed by atoms with Crippen molar-refractivity contribution in [2.75, 3.05) is 5.73 Å². The number of rotatable bonds is 3. The molecule has 1 aromatic heterocycles. The number of hydrogen-bond acceptors (Lipinski definition) is 4. The summed E-state index contributed by atoms with van der Waals surface area (Å²) in [6.07, 6.45) is 0. The smallest absolute Gasteiger partial charge is 0.149 e. The third-order valence-electron chi connectivity index (χ3n) is 2.41. The molecule has 0 spiro atoms. The van der Waals surface area contributed by atoms with Crippen molar-refractivity contribution in [1.29, 1.82) is 0 Å². The number of carbonyl (C=O) groups excluding carboxylic acids is 1. The first-order valence-corrected chi connectivity index (χ1v) is 4.97. The number of nitrogens with zero attached hydrogens (tertiary/aromatic N) is 2. The van der Waals surface area contributed by atoms with E-state index < -0.39 is 0 Å². The predicted octanol–water partition coefficient (Wildman–Crippen LogP) is 0.700. The predicted molar refractivity (Wildman–Crippen MR) is 60.7 cm³/mol. The molecule has 1 aromatic carbocycles. The van der Waals surface area contributed by atoms with Crippen LogP contribution in [-0.4, -0.2) is 20.4 Å². The molecule has 0 fully saturated rings. The number of hydrogen-bond donors (Lipinski definition) is 2. The number of Topliss-reactive ketones (excluding diaryl/α,β-unsaturated/α-hetero) is 1. The van der Waals surface area contributed by atoms with E-state index in [1.54, 1.807) is 16.7 Å². The number of imidazole rings is 1. The van der Waals surface area contributed by atoms with E-state index in [1.165, 1.54) is 6.92 Å². The number of nitrogens with two attached hydrogens (primary N) is 1. The Labute approximate surface area is 92.5 Å². The van der Waals surface area contributed by atoms with E-state index in [4.69, 9.17) is 5.73 Å². The summed E-state index contributed by atoms with van der Waals surface area (Å²) in [6, 6.07) is 5.38. The molecule has 0 unspecified atom stereocenters. The van der Waals surface area contributed by atoms with Crippen LogP contribution < -0.4 is 5.73 Å². The minimum Gasteiger partial charge on any atom is -0.397 e. The van der Waals surface area contributed by atoms with Gasteiger partial charge in [0.05, 0.1) is 17.7 Å². The number of ketones is 1. The van der Waals surface area contributed by atoms with Crippen molar-refractivity contribution in [3.8, 4) is 0 Å². The molecule has 0 bridgehead atoms. The van der Waals surface area contributed by atoms with Gasteiger partial charge in [-0.2, -0.15) is 0 Å². The molecule has 2 aromatic rings. The van der Waals surface area contributed by atoms with Gasteiger partial charge in [-0.25, -0.2) is 4.98 Å². The van der Waals surface area contributed by atoms with Crippen molar-refractivity contribution < 1.29 is 9.90 Å². The quantitative estimate of drug-likeness (QED) is 0.744. The molecule has 1 heterocycles. The Morgan fingerprint density at radius 3 is 2.94 bits per heavy atom. The highest BCUT2D eigenvalue weighted by Crippen LogP contribution is 2.21. The Morgan fingerprint density at radius 2 is 2.31 bits per heavy atom. The SMILES string of the molecule is CC(=O)Cn1c(CO)nc2c(N)cccc21. The number of nitrogen functional groups attached to an aromatic ring is 1. The highest BCUT2D eigenvalue weighted by molar-refractivity contribution is 5.88. The number of fused-ring (bicyclic) bond motifs is 1. The van der Waals surface area contributed by atoms with Gasteiger partial charge in [-0.1, -0.05) is 6.07 Å². The molecule has 3 N–H and O–H groups in total. The minimum atomic E-state index is -0.207. The van der Waals surface area contributed by atoms with Gasteiger partial charge in [-0.3, -0.25) is 4.79 Å². The molecule has 0 aliphatic rings. The van der Waals surface area contributed by atoms with Gasteiger partial charge < -0.3 is 15.4 Å². The number of aliphatic hydroxyl groups excluding tert-OH is 1. The Bertz CT molecular complexity index is 545. The lowest BCUT2D eigenvalue weighted by Gasteiger charge is -2.04. The molecule has 2 rings (SSSR count). The monoisotopic (exact) mass is 219 g/mol. The van der Waals surface area contributed by atoms with Crippen molar-refractivity contribution in [1.82, 2.24) is 9.55 Å². The van der Waals surface area contributed by atoms with E-state index in [0.29, 0.717) is 17.0 Å². The molecule has 0 saturated carbocycles. The van der Waals surface area contributed by atoms with Gasteiger partial charge >= 0.3 is 0 Å². The fraction of sp³-hybridized carbons (Fsp3) is 0.273. The maximum Gasteiger partial charge on any atom is 0.149 e. The van der Waals surface area contributed by atoms with Crippen LogP contribution in [0.5, 0.6) is 0 Å². The molecule has 0 aliphatic carbocycles. The van der Waals surface area contributed by atoms with Crippen LogP contribution in [0.25, 0.3) is 11.0 Å². The molecular formula is C11H13N3O2. The summed E-state index contributed by atoms with van der Waals surface area (Å²) in [7, 11) is 0. The van der Waals surface area contributed by atoms with Gasteiger partial charge in [0, 0.05) is 0 Å². The van der Waals surface area contributed by atoms with Crippen molar-refractivity contribution in [3.05, 3.63) is 24.0 Å². The number of carbonyl (C=O) groups is 1. The van der Waals surface area contributed by atoms with E-state index in [1.807, 2.05) is 6.07 Å². The molecular weight excluding hydrogens is 206 g/mol. The Kier molecular flexibility index (Phi) is 2.62. The van der Waals surface area contributed by atoms with E-state index in [0.717, 1.165) is 5.52 Å². The topological polar surface area (TPSA) is 81.1 Å². The van der Waals surface area contributed by atoms with E-state index in [-0.39, 0.29) is 18.9 Å². The molecule has 0 saturated heterocycles. The Hall–Kier alpha value is -1.88. The van der Waals surface area contributed by atoms with Crippen LogP contribution in [0.15, 0.2) is 18.2 Å². The summed E-state index contributed by atoms with van der Waals surface area (Å²) in [6.45, 7) is 1.50. The summed E-state index contributed by atoms with van der Waals surface area (Å²) in [5, 5.41) is 9.19. The second-order valence-corrected chi connectivity index (χ2v) is 3.69. The van der Waals surface area contributed by atoms with Crippen LogP contribution >= 0.6 is 0 Å². The minimum absolute atomic E-state index is 0.0106. The number of aromatic nitrogens is 2. The highest BCUT2D eigenvalue weighted by atomic mass is 16.3. The second kappa shape index (κ2) is 3.94. The van der Waals surface area contributed by atoms with E-state index >= 15 is 0 Å². The fourth-order valence-corrected chi connectivity index (χ4v) is 1.74. The van der Waals surface area contributed by atoms with Gasteiger partial charge in [0.2, 0.25) is 0 Å². The van der Waals surface area contributed by atoms with Crippen molar-refractivity contribution in [2.24, 2.45) is 0 Å². The van der Waals surface area contributed by atoms with Crippen LogP contribution in [0.3, 0.4) is 0 Å². The largest absolute Gasteiger partial charge is 0.397 e. The zero-order valence-corrected chi connectivity index (χ0v) is 8.97. The first-order valence-electron chi connectivity index (χ1n) is 4.97. The maximum absolute atomic E-state index is 11.1. The van der Waals surface area contributed by atoms with E-state index in [9.17, 15) is 9.90 Å². The number of para-hydroxylation sites is 1. The number of anilines is 1. The molecule has 16 heavy (non-hydrogen) atoms. The van der Waals surface area contributed by atoms with Crippen LogP contribution in [0.4, 0.5) is 5.69 Å². The standard InChI is InChI=1S/C11H13N3O2/c1-7(16)5-14-9-4-2-3-8(12)11(9)13-10(14)6-15/h2-4,15H,5-6,12H2,1H3. The summed E-state index contributed by atoms with van der Waals surface area (Å²) < 4.78 is 1.69.